The minimum absolute atomic E-state index is 0.181. The number of hydrogen-bond acceptors (Lipinski definition) is 4. The highest BCUT2D eigenvalue weighted by atomic mass is 19.4. The molecule has 0 spiro atoms. The summed E-state index contributed by atoms with van der Waals surface area (Å²) in [5, 5.41) is 2.93. The van der Waals surface area contributed by atoms with Crippen LogP contribution in [0.2, 0.25) is 0 Å². The van der Waals surface area contributed by atoms with Crippen LogP contribution in [-0.4, -0.2) is 33.9 Å². The fourth-order valence-electron chi connectivity index (χ4n) is 2.65. The SMILES string of the molecule is CCCN(CCC)C(=O)c1cc(Nc2ccc(C(F)(F)F)cc2)nc(C)n1. The molecule has 1 heterocycles. The summed E-state index contributed by atoms with van der Waals surface area (Å²) in [5.74, 6) is 0.585. The van der Waals surface area contributed by atoms with Crippen LogP contribution in [0.5, 0.6) is 0 Å². The standard InChI is InChI=1S/C19H23F3N4O/c1-4-10-26(11-5-2)18(27)16-12-17(24-13(3)23-16)25-15-8-6-14(7-9-15)19(20,21)22/h6-9,12H,4-5,10-11H2,1-3H3,(H,23,24,25). The number of nitrogens with one attached hydrogen (secondary N) is 1. The van der Waals surface area contributed by atoms with Crippen molar-refractivity contribution in [3.8, 4) is 0 Å². The van der Waals surface area contributed by atoms with E-state index in [9.17, 15) is 18.0 Å². The van der Waals surface area contributed by atoms with Crippen LogP contribution in [0.1, 0.15) is 48.6 Å². The fourth-order valence-corrected chi connectivity index (χ4v) is 2.65. The Kier molecular flexibility index (Phi) is 6.76. The highest BCUT2D eigenvalue weighted by Gasteiger charge is 2.30. The van der Waals surface area contributed by atoms with E-state index in [-0.39, 0.29) is 11.6 Å². The van der Waals surface area contributed by atoms with Gasteiger partial charge >= 0.3 is 6.18 Å². The van der Waals surface area contributed by atoms with Crippen LogP contribution in [0.3, 0.4) is 0 Å². The van der Waals surface area contributed by atoms with E-state index < -0.39 is 11.7 Å². The quantitative estimate of drug-likeness (QED) is 0.749. The number of carbonyl (C=O) groups is 1. The van der Waals surface area contributed by atoms with Gasteiger partial charge in [-0.2, -0.15) is 13.2 Å². The highest BCUT2D eigenvalue weighted by Crippen LogP contribution is 2.30. The van der Waals surface area contributed by atoms with Gasteiger partial charge in [0.15, 0.2) is 0 Å². The molecule has 0 atom stereocenters. The van der Waals surface area contributed by atoms with Gasteiger partial charge in [-0.15, -0.1) is 0 Å². The van der Waals surface area contributed by atoms with Crippen molar-refractivity contribution in [2.75, 3.05) is 18.4 Å². The zero-order valence-electron chi connectivity index (χ0n) is 15.6. The maximum atomic E-state index is 12.7. The van der Waals surface area contributed by atoms with Crippen LogP contribution in [0.15, 0.2) is 30.3 Å². The van der Waals surface area contributed by atoms with Crippen molar-refractivity contribution >= 4 is 17.4 Å². The molecule has 0 saturated heterocycles. The second-order valence-electron chi connectivity index (χ2n) is 6.18. The van der Waals surface area contributed by atoms with E-state index >= 15 is 0 Å². The Morgan fingerprint density at radius 3 is 2.19 bits per heavy atom. The first-order chi connectivity index (χ1) is 12.7. The van der Waals surface area contributed by atoms with E-state index in [1.54, 1.807) is 11.8 Å². The van der Waals surface area contributed by atoms with Gasteiger partial charge in [-0.3, -0.25) is 4.79 Å². The predicted molar refractivity (Wildman–Crippen MR) is 98.0 cm³/mol. The molecule has 0 radical (unpaired) electrons. The summed E-state index contributed by atoms with van der Waals surface area (Å²) in [6.07, 6.45) is -2.70. The number of halogens is 3. The third-order valence-corrected chi connectivity index (χ3v) is 3.82. The number of hydrogen-bond donors (Lipinski definition) is 1. The van der Waals surface area contributed by atoms with Crippen LogP contribution in [0.4, 0.5) is 24.7 Å². The summed E-state index contributed by atoms with van der Waals surface area (Å²) in [7, 11) is 0. The summed E-state index contributed by atoms with van der Waals surface area (Å²) in [5.41, 5.74) is -0.0187. The number of aryl methyl sites for hydroxylation is 1. The third-order valence-electron chi connectivity index (χ3n) is 3.82. The maximum Gasteiger partial charge on any atom is 0.416 e. The summed E-state index contributed by atoms with van der Waals surface area (Å²) >= 11 is 0. The molecule has 0 saturated carbocycles. The van der Waals surface area contributed by atoms with Gasteiger partial charge in [0.1, 0.15) is 17.3 Å². The van der Waals surface area contributed by atoms with E-state index in [1.165, 1.54) is 18.2 Å². The minimum Gasteiger partial charge on any atom is -0.340 e. The van der Waals surface area contributed by atoms with Gasteiger partial charge in [0.25, 0.3) is 5.91 Å². The normalized spacial score (nSPS) is 11.3. The van der Waals surface area contributed by atoms with Crippen LogP contribution in [-0.2, 0) is 6.18 Å². The lowest BCUT2D eigenvalue weighted by Crippen LogP contribution is -2.33. The number of amides is 1. The molecule has 1 aromatic carbocycles. The van der Waals surface area contributed by atoms with Crippen LogP contribution in [0, 0.1) is 6.92 Å². The molecule has 2 aromatic rings. The van der Waals surface area contributed by atoms with E-state index in [1.807, 2.05) is 13.8 Å². The van der Waals surface area contributed by atoms with Gasteiger partial charge in [-0.25, -0.2) is 9.97 Å². The van der Waals surface area contributed by atoms with Crippen molar-refractivity contribution in [1.82, 2.24) is 14.9 Å². The summed E-state index contributed by atoms with van der Waals surface area (Å²) in [4.78, 5) is 22.9. The molecule has 2 rings (SSSR count). The van der Waals surface area contributed by atoms with Gasteiger partial charge < -0.3 is 10.2 Å². The van der Waals surface area contributed by atoms with Gasteiger partial charge in [0.05, 0.1) is 5.56 Å². The Balaban J connectivity index is 2.22. The average Bonchev–Trinajstić information content (AvgIpc) is 2.60. The monoisotopic (exact) mass is 380 g/mol. The molecule has 1 aromatic heterocycles. The number of rotatable bonds is 7. The van der Waals surface area contributed by atoms with Crippen molar-refractivity contribution in [3.05, 3.63) is 47.4 Å². The van der Waals surface area contributed by atoms with E-state index in [2.05, 4.69) is 15.3 Å². The molecule has 8 heteroatoms. The Morgan fingerprint density at radius 2 is 1.67 bits per heavy atom. The summed E-state index contributed by atoms with van der Waals surface area (Å²) < 4.78 is 38.0. The van der Waals surface area contributed by atoms with Gasteiger partial charge in [0.2, 0.25) is 0 Å². The predicted octanol–water partition coefficient (Wildman–Crippen LogP) is 4.81. The van der Waals surface area contributed by atoms with Gasteiger partial charge in [0, 0.05) is 24.8 Å². The number of alkyl halides is 3. The zero-order valence-corrected chi connectivity index (χ0v) is 15.6. The molecule has 27 heavy (non-hydrogen) atoms. The number of nitrogens with zero attached hydrogens (tertiary/aromatic N) is 3. The molecular formula is C19H23F3N4O. The molecule has 0 bridgehead atoms. The minimum atomic E-state index is -4.38. The third kappa shape index (κ3) is 5.67. The molecule has 0 aliphatic carbocycles. The Hall–Kier alpha value is -2.64. The Morgan fingerprint density at radius 1 is 1.07 bits per heavy atom. The van der Waals surface area contributed by atoms with Gasteiger partial charge in [-0.05, 0) is 44.0 Å². The number of anilines is 2. The molecule has 1 N–H and O–H groups in total. The van der Waals surface area contributed by atoms with Crippen molar-refractivity contribution in [2.45, 2.75) is 39.8 Å². The maximum absolute atomic E-state index is 12.7. The Labute approximate surface area is 156 Å². The Bertz CT molecular complexity index is 770. The number of aromatic nitrogens is 2. The number of benzene rings is 1. The summed E-state index contributed by atoms with van der Waals surface area (Å²) in [6, 6.07) is 6.15. The van der Waals surface area contributed by atoms with Crippen LogP contribution < -0.4 is 5.32 Å². The lowest BCUT2D eigenvalue weighted by molar-refractivity contribution is -0.137. The first-order valence-electron chi connectivity index (χ1n) is 8.83. The smallest absolute Gasteiger partial charge is 0.340 e. The molecule has 0 aliphatic heterocycles. The molecular weight excluding hydrogens is 357 g/mol. The van der Waals surface area contributed by atoms with Crippen LogP contribution in [0.25, 0.3) is 0 Å². The van der Waals surface area contributed by atoms with Crippen molar-refractivity contribution < 1.29 is 18.0 Å². The highest BCUT2D eigenvalue weighted by molar-refractivity contribution is 5.93. The van der Waals surface area contributed by atoms with Crippen LogP contribution >= 0.6 is 0 Å². The van der Waals surface area contributed by atoms with E-state index in [4.69, 9.17) is 0 Å². The summed E-state index contributed by atoms with van der Waals surface area (Å²) in [6.45, 7) is 6.94. The molecule has 0 fully saturated rings. The second-order valence-corrected chi connectivity index (χ2v) is 6.18. The first kappa shape index (κ1) is 20.7. The van der Waals surface area contributed by atoms with E-state index in [0.717, 1.165) is 25.0 Å². The molecule has 0 aliphatic rings. The van der Waals surface area contributed by atoms with E-state index in [0.29, 0.717) is 30.4 Å². The molecule has 5 nitrogen and oxygen atoms in total. The molecule has 1 amide bonds. The topological polar surface area (TPSA) is 58.1 Å². The van der Waals surface area contributed by atoms with Crippen molar-refractivity contribution in [2.24, 2.45) is 0 Å². The van der Waals surface area contributed by atoms with Crippen molar-refractivity contribution in [1.29, 1.82) is 0 Å². The average molecular weight is 380 g/mol. The van der Waals surface area contributed by atoms with Crippen molar-refractivity contribution in [3.63, 3.8) is 0 Å². The number of carbonyl (C=O) groups excluding carboxylic acids is 1. The molecule has 146 valence electrons. The zero-order chi connectivity index (χ0) is 20.0. The fraction of sp³-hybridized carbons (Fsp3) is 0.421. The van der Waals surface area contributed by atoms with Gasteiger partial charge in [-0.1, -0.05) is 13.8 Å². The lowest BCUT2D eigenvalue weighted by atomic mass is 10.2. The lowest BCUT2D eigenvalue weighted by Gasteiger charge is -2.21. The first-order valence-corrected chi connectivity index (χ1v) is 8.83. The molecule has 0 unspecified atom stereocenters. The second kappa shape index (κ2) is 8.83. The largest absolute Gasteiger partial charge is 0.416 e.